The zero-order chi connectivity index (χ0) is 24.4. The minimum Gasteiger partial charge on any atom is -0.327 e. The van der Waals surface area contributed by atoms with Crippen LogP contribution in [0.15, 0.2) is 55.0 Å². The van der Waals surface area contributed by atoms with Crippen LogP contribution in [0.25, 0.3) is 21.1 Å². The second-order valence-corrected chi connectivity index (χ2v) is 10.3. The summed E-state index contributed by atoms with van der Waals surface area (Å²) >= 11 is 7.91. The van der Waals surface area contributed by atoms with Crippen molar-refractivity contribution in [3.8, 4) is 21.1 Å². The Morgan fingerprint density at radius 1 is 1.29 bits per heavy atom. The second kappa shape index (κ2) is 10.3. The molecule has 9 heteroatoms. The molecule has 1 amide bonds. The molecular weight excluding hydrogens is 480 g/mol. The molecule has 1 aromatic carbocycles. The lowest BCUT2D eigenvalue weighted by molar-refractivity contribution is -0.114. The Kier molecular flexibility index (Phi) is 6.95. The van der Waals surface area contributed by atoms with E-state index in [-0.39, 0.29) is 11.9 Å². The smallest absolute Gasteiger partial charge is 0.222 e. The summed E-state index contributed by atoms with van der Waals surface area (Å²) in [6.07, 6.45) is 5.70. The zero-order valence-electron chi connectivity index (χ0n) is 19.7. The fourth-order valence-electron chi connectivity index (χ4n) is 4.75. The molecule has 1 aliphatic heterocycles. The first-order chi connectivity index (χ1) is 17.0. The topological polar surface area (TPSA) is 86.8 Å². The van der Waals surface area contributed by atoms with E-state index in [1.807, 2.05) is 24.3 Å². The summed E-state index contributed by atoms with van der Waals surface area (Å²) in [4.78, 5) is 23.7. The van der Waals surface area contributed by atoms with Gasteiger partial charge in [0.25, 0.3) is 0 Å². The van der Waals surface area contributed by atoms with Crippen molar-refractivity contribution < 1.29 is 4.79 Å². The normalized spacial score (nSPS) is 16.9. The Bertz CT molecular complexity index is 1300. The third kappa shape index (κ3) is 5.15. The monoisotopic (exact) mass is 506 g/mol. The average Bonchev–Trinajstić information content (AvgIpc) is 3.61. The van der Waals surface area contributed by atoms with Crippen molar-refractivity contribution in [3.63, 3.8) is 0 Å². The number of halogens is 1. The molecule has 3 aromatic heterocycles. The molecule has 0 spiro atoms. The summed E-state index contributed by atoms with van der Waals surface area (Å²) in [7, 11) is 0. The number of hydrogen-bond acceptors (Lipinski definition) is 6. The molecule has 7 nitrogen and oxygen atoms in total. The van der Waals surface area contributed by atoms with Crippen molar-refractivity contribution in [1.29, 1.82) is 0 Å². The lowest BCUT2D eigenvalue weighted by Crippen LogP contribution is -2.27. The molecule has 2 N–H and O–H groups in total. The zero-order valence-corrected chi connectivity index (χ0v) is 21.2. The highest BCUT2D eigenvalue weighted by molar-refractivity contribution is 7.19. The van der Waals surface area contributed by atoms with Gasteiger partial charge in [-0.1, -0.05) is 37.1 Å². The van der Waals surface area contributed by atoms with Crippen LogP contribution in [0, 0.1) is 5.92 Å². The van der Waals surface area contributed by atoms with Crippen LogP contribution >= 0.6 is 22.9 Å². The second-order valence-electron chi connectivity index (χ2n) is 8.86. The van der Waals surface area contributed by atoms with Gasteiger partial charge in [-0.2, -0.15) is 0 Å². The van der Waals surface area contributed by atoms with E-state index in [1.165, 1.54) is 30.9 Å². The number of nitrogens with zero attached hydrogens (tertiary/aromatic N) is 4. The molecule has 5 rings (SSSR count). The number of anilines is 1. The van der Waals surface area contributed by atoms with Gasteiger partial charge in [0, 0.05) is 29.6 Å². The fraction of sp³-hybridized carbons (Fsp3) is 0.308. The SMILES string of the molecule is CC[C@H]1CCN(C(c2ccc(Cl)cc2)c2cc(-c3ccnc(NC(C)=O)c3)sc2-c2nnc[nH]2)C1. The Morgan fingerprint density at radius 3 is 2.80 bits per heavy atom. The molecule has 0 saturated carbocycles. The molecule has 180 valence electrons. The van der Waals surface area contributed by atoms with Crippen LogP contribution < -0.4 is 5.32 Å². The van der Waals surface area contributed by atoms with E-state index in [1.54, 1.807) is 23.9 Å². The Labute approximate surface area is 213 Å². The molecular formula is C26H27ClN6OS. The van der Waals surface area contributed by atoms with Crippen molar-refractivity contribution in [2.24, 2.45) is 5.92 Å². The first kappa shape index (κ1) is 23.7. The quantitative estimate of drug-likeness (QED) is 0.319. The van der Waals surface area contributed by atoms with Crippen molar-refractivity contribution in [2.75, 3.05) is 18.4 Å². The van der Waals surface area contributed by atoms with Crippen LogP contribution in [-0.4, -0.2) is 44.1 Å². The number of nitrogens with one attached hydrogen (secondary N) is 2. The van der Waals surface area contributed by atoms with Gasteiger partial charge >= 0.3 is 0 Å². The summed E-state index contributed by atoms with van der Waals surface area (Å²) in [5, 5.41) is 11.9. The van der Waals surface area contributed by atoms with Crippen LogP contribution in [0.1, 0.15) is 43.9 Å². The molecule has 4 heterocycles. The Morgan fingerprint density at radius 2 is 2.11 bits per heavy atom. The number of H-pyrrole nitrogens is 1. The van der Waals surface area contributed by atoms with Crippen LogP contribution in [0.5, 0.6) is 0 Å². The number of carbonyl (C=O) groups excluding carboxylic acids is 1. The van der Waals surface area contributed by atoms with Crippen LogP contribution in [-0.2, 0) is 4.79 Å². The largest absolute Gasteiger partial charge is 0.327 e. The van der Waals surface area contributed by atoms with E-state index in [2.05, 4.69) is 55.5 Å². The first-order valence-corrected chi connectivity index (χ1v) is 12.9. The number of carbonyl (C=O) groups is 1. The van der Waals surface area contributed by atoms with E-state index in [9.17, 15) is 4.79 Å². The number of likely N-dealkylation sites (tertiary alicyclic amines) is 1. The number of amides is 1. The minimum atomic E-state index is -0.147. The summed E-state index contributed by atoms with van der Waals surface area (Å²) in [5.74, 6) is 1.83. The molecule has 2 atom stereocenters. The van der Waals surface area contributed by atoms with E-state index in [0.717, 1.165) is 39.3 Å². The number of aromatic nitrogens is 4. The lowest BCUT2D eigenvalue weighted by Gasteiger charge is -2.29. The van der Waals surface area contributed by atoms with Gasteiger partial charge in [-0.15, -0.1) is 21.5 Å². The van der Waals surface area contributed by atoms with Gasteiger partial charge in [-0.25, -0.2) is 4.98 Å². The Hall–Kier alpha value is -3.07. The highest BCUT2D eigenvalue weighted by Crippen LogP contribution is 2.45. The standard InChI is InChI=1S/C26H27ClN6OS/c1-3-17-9-11-33(14-17)24(18-4-6-20(27)7-5-18)21-13-22(35-25(21)26-29-15-30-32-26)19-8-10-28-23(12-19)31-16(2)34/h4-8,10,12-13,15,17,24H,3,9,11,14H2,1-2H3,(H,28,31,34)(H,29,30,32)/t17-,24?/m0/s1. The van der Waals surface area contributed by atoms with Gasteiger partial charge in [0.05, 0.1) is 10.9 Å². The number of pyridine rings is 1. The maximum atomic E-state index is 11.6. The molecule has 1 saturated heterocycles. The molecule has 1 fully saturated rings. The van der Waals surface area contributed by atoms with E-state index >= 15 is 0 Å². The van der Waals surface area contributed by atoms with Gasteiger partial charge in [0.2, 0.25) is 5.91 Å². The number of aromatic amines is 1. The summed E-state index contributed by atoms with van der Waals surface area (Å²) in [6.45, 7) is 5.83. The molecule has 4 aromatic rings. The van der Waals surface area contributed by atoms with Crippen LogP contribution in [0.3, 0.4) is 0 Å². The maximum Gasteiger partial charge on any atom is 0.222 e. The van der Waals surface area contributed by atoms with E-state index < -0.39 is 0 Å². The van der Waals surface area contributed by atoms with Gasteiger partial charge in [0.1, 0.15) is 12.1 Å². The van der Waals surface area contributed by atoms with Gasteiger partial charge in [-0.3, -0.25) is 9.69 Å². The van der Waals surface area contributed by atoms with Crippen molar-refractivity contribution in [2.45, 2.75) is 32.7 Å². The number of benzene rings is 1. The number of rotatable bonds is 7. The number of thiophene rings is 1. The van der Waals surface area contributed by atoms with E-state index in [4.69, 9.17) is 11.6 Å². The van der Waals surface area contributed by atoms with Crippen LogP contribution in [0.4, 0.5) is 5.82 Å². The summed E-state index contributed by atoms with van der Waals surface area (Å²) < 4.78 is 0. The molecule has 1 aliphatic rings. The highest BCUT2D eigenvalue weighted by Gasteiger charge is 2.33. The highest BCUT2D eigenvalue weighted by atomic mass is 35.5. The van der Waals surface area contributed by atoms with Crippen molar-refractivity contribution in [1.82, 2.24) is 25.1 Å². The average molecular weight is 507 g/mol. The Balaban J connectivity index is 1.63. The summed E-state index contributed by atoms with van der Waals surface area (Å²) in [5.41, 5.74) is 3.37. The van der Waals surface area contributed by atoms with E-state index in [0.29, 0.717) is 11.7 Å². The van der Waals surface area contributed by atoms with Gasteiger partial charge in [0.15, 0.2) is 5.82 Å². The van der Waals surface area contributed by atoms with Crippen molar-refractivity contribution in [3.05, 3.63) is 71.1 Å². The van der Waals surface area contributed by atoms with Crippen molar-refractivity contribution >= 4 is 34.7 Å². The predicted molar refractivity (Wildman–Crippen MR) is 140 cm³/mol. The molecule has 0 aliphatic carbocycles. The van der Waals surface area contributed by atoms with Crippen LogP contribution in [0.2, 0.25) is 5.02 Å². The molecule has 0 bridgehead atoms. The number of hydrogen-bond donors (Lipinski definition) is 2. The third-order valence-electron chi connectivity index (χ3n) is 6.48. The molecule has 1 unspecified atom stereocenters. The first-order valence-electron chi connectivity index (χ1n) is 11.8. The molecule has 0 radical (unpaired) electrons. The molecule has 35 heavy (non-hydrogen) atoms. The predicted octanol–water partition coefficient (Wildman–Crippen LogP) is 6.03. The van der Waals surface area contributed by atoms with Gasteiger partial charge < -0.3 is 10.3 Å². The third-order valence-corrected chi connectivity index (χ3v) is 7.94. The fourth-order valence-corrected chi connectivity index (χ4v) is 6.01. The van der Waals surface area contributed by atoms with Gasteiger partial charge in [-0.05, 0) is 65.9 Å². The lowest BCUT2D eigenvalue weighted by atomic mass is 9.96. The summed E-state index contributed by atoms with van der Waals surface area (Å²) in [6, 6.07) is 14.3. The minimum absolute atomic E-state index is 0.0607. The maximum absolute atomic E-state index is 11.6.